The molecule has 0 nitrogen and oxygen atoms in total. The summed E-state index contributed by atoms with van der Waals surface area (Å²) in [6.07, 6.45) is 0. The fraction of sp³-hybridized carbons (Fsp3) is 0. The SMILES string of the molecule is c1cc2ccc3ccc(-c4cc(-c5ccc6ccc7cccc8ccc5c6c78)c(-c5ccc6ccc7cccc8ccc5c6c78)c(-c5ccc6ccc7cccc8ccc5c6c78)c4-c4ccc5ccc6cccc7ccc4c5c67)c4ccc(c1)c2c34. The minimum Gasteiger partial charge on any atom is -0.0610 e. The van der Waals surface area contributed by atoms with Gasteiger partial charge in [0.05, 0.1) is 0 Å². The molecule has 0 unspecified atom stereocenters. The summed E-state index contributed by atoms with van der Waals surface area (Å²) >= 11 is 0. The zero-order chi connectivity index (χ0) is 55.6. The molecule has 0 saturated heterocycles. The Morgan fingerprint density at radius 3 is 0.535 bits per heavy atom. The molecule has 21 aromatic carbocycles. The van der Waals surface area contributed by atoms with Crippen molar-refractivity contribution >= 4 is 162 Å². The largest absolute Gasteiger partial charge is 0.0610 e. The number of hydrogen-bond acceptors (Lipinski definition) is 0. The average molecular weight is 1080 g/mol. The van der Waals surface area contributed by atoms with Crippen molar-refractivity contribution in [2.75, 3.05) is 0 Å². The van der Waals surface area contributed by atoms with Gasteiger partial charge in [-0.2, -0.15) is 0 Å². The van der Waals surface area contributed by atoms with Crippen LogP contribution in [0.2, 0.25) is 0 Å². The Kier molecular flexibility index (Phi) is 8.61. The Hall–Kier alpha value is -11.2. The quantitative estimate of drug-likeness (QED) is 0.151. The predicted octanol–water partition coefficient (Wildman–Crippen LogP) is 24.5. The highest BCUT2D eigenvalue weighted by molar-refractivity contribution is 6.34. The highest BCUT2D eigenvalue weighted by atomic mass is 14.3. The van der Waals surface area contributed by atoms with E-state index in [1.807, 2.05) is 0 Å². The third-order valence-corrected chi connectivity index (χ3v) is 20.4. The second-order valence-electron chi connectivity index (χ2n) is 24.4. The zero-order valence-corrected chi connectivity index (χ0v) is 46.6. The van der Waals surface area contributed by atoms with Crippen LogP contribution in [0.1, 0.15) is 0 Å². The van der Waals surface area contributed by atoms with Gasteiger partial charge in [-0.1, -0.05) is 273 Å². The van der Waals surface area contributed by atoms with Crippen molar-refractivity contribution < 1.29 is 0 Å². The first-order valence-electron chi connectivity index (χ1n) is 30.2. The molecular formula is C86H46. The molecule has 0 aliphatic carbocycles. The van der Waals surface area contributed by atoms with E-state index in [2.05, 4.69) is 279 Å². The highest BCUT2D eigenvalue weighted by Gasteiger charge is 2.31. The molecule has 0 saturated carbocycles. The van der Waals surface area contributed by atoms with Gasteiger partial charge in [-0.3, -0.25) is 0 Å². The molecule has 0 fully saturated rings. The third kappa shape index (κ3) is 5.83. The highest BCUT2D eigenvalue weighted by Crippen LogP contribution is 2.58. The Balaban J connectivity index is 1.05. The van der Waals surface area contributed by atoms with E-state index in [-0.39, 0.29) is 0 Å². The van der Waals surface area contributed by atoms with E-state index in [0.717, 1.165) is 0 Å². The molecule has 0 aromatic heterocycles. The molecule has 0 aliphatic rings. The fourth-order valence-electron chi connectivity index (χ4n) is 16.7. The van der Waals surface area contributed by atoms with E-state index in [1.165, 1.54) is 217 Å². The molecule has 390 valence electrons. The molecule has 0 bridgehead atoms. The van der Waals surface area contributed by atoms with Crippen LogP contribution in [0.25, 0.3) is 217 Å². The molecule has 0 heterocycles. The summed E-state index contributed by atoms with van der Waals surface area (Å²) in [7, 11) is 0. The summed E-state index contributed by atoms with van der Waals surface area (Å²) in [5.74, 6) is 0. The normalized spacial score (nSPS) is 12.7. The van der Waals surface area contributed by atoms with Crippen LogP contribution < -0.4 is 0 Å². The van der Waals surface area contributed by atoms with Crippen LogP contribution in [-0.4, -0.2) is 0 Å². The van der Waals surface area contributed by atoms with Gasteiger partial charge in [0.2, 0.25) is 0 Å². The maximum absolute atomic E-state index is 2.65. The summed E-state index contributed by atoms with van der Waals surface area (Å²) in [5.41, 5.74) is 12.2. The lowest BCUT2D eigenvalue weighted by Crippen LogP contribution is -2.01. The number of rotatable bonds is 5. The van der Waals surface area contributed by atoms with Crippen molar-refractivity contribution in [2.24, 2.45) is 0 Å². The molecule has 21 aromatic rings. The van der Waals surface area contributed by atoms with Gasteiger partial charge in [0.25, 0.3) is 0 Å². The van der Waals surface area contributed by atoms with E-state index >= 15 is 0 Å². The first kappa shape index (κ1) is 45.3. The monoisotopic (exact) mass is 1080 g/mol. The van der Waals surface area contributed by atoms with Crippen molar-refractivity contribution in [3.63, 3.8) is 0 Å². The smallest absolute Gasteiger partial charge is 0.000762 e. The van der Waals surface area contributed by atoms with Gasteiger partial charge in [-0.25, -0.2) is 0 Å². The number of benzene rings is 21. The summed E-state index contributed by atoms with van der Waals surface area (Å²) in [5, 5.41) is 38.2. The van der Waals surface area contributed by atoms with E-state index in [9.17, 15) is 0 Å². The van der Waals surface area contributed by atoms with Crippen LogP contribution in [0.15, 0.2) is 279 Å². The second kappa shape index (κ2) is 16.3. The van der Waals surface area contributed by atoms with Gasteiger partial charge < -0.3 is 0 Å². The molecule has 86 heavy (non-hydrogen) atoms. The van der Waals surface area contributed by atoms with E-state index in [0.29, 0.717) is 0 Å². The molecule has 0 heteroatoms. The first-order chi connectivity index (χ1) is 42.6. The molecule has 0 N–H and O–H groups in total. The van der Waals surface area contributed by atoms with Crippen molar-refractivity contribution in [1.29, 1.82) is 0 Å². The Morgan fingerprint density at radius 2 is 0.291 bits per heavy atom. The minimum atomic E-state index is 1.21. The predicted molar refractivity (Wildman–Crippen MR) is 372 cm³/mol. The van der Waals surface area contributed by atoms with Crippen LogP contribution in [-0.2, 0) is 0 Å². The topological polar surface area (TPSA) is 0 Å². The van der Waals surface area contributed by atoms with E-state index in [1.54, 1.807) is 0 Å². The lowest BCUT2D eigenvalue weighted by atomic mass is 9.74. The van der Waals surface area contributed by atoms with Crippen molar-refractivity contribution in [2.45, 2.75) is 0 Å². The van der Waals surface area contributed by atoms with Gasteiger partial charge in [-0.15, -0.1) is 0 Å². The Bertz CT molecular complexity index is 6100. The second-order valence-corrected chi connectivity index (χ2v) is 24.4. The van der Waals surface area contributed by atoms with Crippen LogP contribution in [0.3, 0.4) is 0 Å². The minimum absolute atomic E-state index is 1.21. The molecular weight excluding hydrogens is 1030 g/mol. The Labute approximate surface area is 493 Å². The summed E-state index contributed by atoms with van der Waals surface area (Å²) in [4.78, 5) is 0. The zero-order valence-electron chi connectivity index (χ0n) is 46.6. The Morgan fingerprint density at radius 1 is 0.116 bits per heavy atom. The average Bonchev–Trinajstić information content (AvgIpc) is 1.55. The van der Waals surface area contributed by atoms with E-state index < -0.39 is 0 Å². The van der Waals surface area contributed by atoms with Gasteiger partial charge >= 0.3 is 0 Å². The van der Waals surface area contributed by atoms with Crippen LogP contribution in [0.5, 0.6) is 0 Å². The van der Waals surface area contributed by atoms with Crippen molar-refractivity contribution in [3.05, 3.63) is 279 Å². The lowest BCUT2D eigenvalue weighted by molar-refractivity contribution is 1.59. The summed E-state index contributed by atoms with van der Waals surface area (Å²) < 4.78 is 0. The summed E-state index contributed by atoms with van der Waals surface area (Å²) in [6, 6.07) is 108. The molecule has 0 atom stereocenters. The molecule has 0 amide bonds. The van der Waals surface area contributed by atoms with E-state index in [4.69, 9.17) is 0 Å². The maximum Gasteiger partial charge on any atom is -0.000762 e. The third-order valence-electron chi connectivity index (χ3n) is 20.4. The van der Waals surface area contributed by atoms with Crippen molar-refractivity contribution in [3.8, 4) is 55.6 Å². The standard InChI is InChI=1S/C86H46/c1-6-47-16-21-57-26-36-62(64-38-28-52(11-1)74(47)79(57)64)72-46-73(63-37-27-58-22-17-48-7-2-12-53-29-39-65(63)80(58)75(48)53)85(70-44-34-60-24-19-50-9-4-14-55-31-41-67(70)82(60)77(50)55)86(71-45-35-61-25-20-51-10-5-15-56-32-42-68(71)83(61)78(51)56)84(72)69-43-33-59-23-18-49-8-3-13-54-30-40-66(69)81(59)76(49)54/h1-46H. The molecule has 21 rings (SSSR count). The van der Waals surface area contributed by atoms with Crippen LogP contribution in [0.4, 0.5) is 0 Å². The molecule has 0 spiro atoms. The first-order valence-corrected chi connectivity index (χ1v) is 30.2. The van der Waals surface area contributed by atoms with Crippen LogP contribution >= 0.6 is 0 Å². The fourth-order valence-corrected chi connectivity index (χ4v) is 16.7. The van der Waals surface area contributed by atoms with Gasteiger partial charge in [0.1, 0.15) is 0 Å². The van der Waals surface area contributed by atoms with Gasteiger partial charge in [0.15, 0.2) is 0 Å². The van der Waals surface area contributed by atoms with Gasteiger partial charge in [0, 0.05) is 0 Å². The van der Waals surface area contributed by atoms with Gasteiger partial charge in [-0.05, 0) is 223 Å². The lowest BCUT2D eigenvalue weighted by Gasteiger charge is -2.28. The molecule has 0 aliphatic heterocycles. The summed E-state index contributed by atoms with van der Waals surface area (Å²) in [6.45, 7) is 0. The molecule has 0 radical (unpaired) electrons. The number of hydrogen-bond donors (Lipinski definition) is 0. The van der Waals surface area contributed by atoms with Crippen molar-refractivity contribution in [1.82, 2.24) is 0 Å². The van der Waals surface area contributed by atoms with Crippen LogP contribution in [0, 0.1) is 0 Å². The maximum atomic E-state index is 2.65.